The minimum Gasteiger partial charge on any atom is -0.469 e. The molecule has 0 saturated heterocycles. The van der Waals surface area contributed by atoms with Gasteiger partial charge < -0.3 is 4.42 Å². The van der Waals surface area contributed by atoms with Crippen LogP contribution in [0, 0.1) is 6.20 Å². The van der Waals surface area contributed by atoms with Crippen molar-refractivity contribution in [2.45, 2.75) is 12.8 Å². The first-order valence-electron chi connectivity index (χ1n) is 9.27. The number of aromatic nitrogens is 3. The number of benzene rings is 2. The van der Waals surface area contributed by atoms with Gasteiger partial charge in [-0.3, -0.25) is 4.40 Å². The molecule has 5 rings (SSSR count). The molecule has 2 aromatic carbocycles. The highest BCUT2D eigenvalue weighted by Crippen LogP contribution is 2.22. The van der Waals surface area contributed by atoms with Crippen LogP contribution in [0.1, 0.15) is 22.7 Å². The van der Waals surface area contributed by atoms with Crippen molar-refractivity contribution in [3.05, 3.63) is 114 Å². The van der Waals surface area contributed by atoms with Crippen molar-refractivity contribution in [3.63, 3.8) is 0 Å². The highest BCUT2D eigenvalue weighted by Gasteiger charge is 2.13. The van der Waals surface area contributed by atoms with Gasteiger partial charge in [0.2, 0.25) is 0 Å². The van der Waals surface area contributed by atoms with Crippen molar-refractivity contribution in [2.75, 3.05) is 0 Å². The number of hydrogen-bond acceptors (Lipinski definition) is 3. The maximum absolute atomic E-state index is 5.47. The Morgan fingerprint density at radius 2 is 1.61 bits per heavy atom. The number of furan rings is 1. The molecule has 0 N–H and O–H groups in total. The van der Waals surface area contributed by atoms with Crippen molar-refractivity contribution in [3.8, 4) is 11.3 Å². The first-order chi connectivity index (χ1) is 13.8. The highest BCUT2D eigenvalue weighted by molar-refractivity contribution is 5.61. The summed E-state index contributed by atoms with van der Waals surface area (Å²) in [5.74, 6) is 0.875. The number of nitrogens with zero attached hydrogens (tertiary/aromatic N) is 3. The van der Waals surface area contributed by atoms with Crippen LogP contribution in [-0.2, 0) is 12.8 Å². The van der Waals surface area contributed by atoms with E-state index in [1.165, 1.54) is 5.56 Å². The third-order valence-corrected chi connectivity index (χ3v) is 4.69. The van der Waals surface area contributed by atoms with Crippen molar-refractivity contribution in [2.24, 2.45) is 0 Å². The lowest BCUT2D eigenvalue weighted by Crippen LogP contribution is -2.00. The molecular formula is C24H18N3O. The van der Waals surface area contributed by atoms with Gasteiger partial charge in [-0.1, -0.05) is 60.7 Å². The number of fused-ring (bicyclic) bond motifs is 1. The van der Waals surface area contributed by atoms with Crippen LogP contribution in [0.2, 0.25) is 0 Å². The smallest absolute Gasteiger partial charge is 0.159 e. The van der Waals surface area contributed by atoms with Gasteiger partial charge >= 0.3 is 0 Å². The minimum absolute atomic E-state index is 0.611. The van der Waals surface area contributed by atoms with Crippen molar-refractivity contribution >= 4 is 5.65 Å². The first-order valence-corrected chi connectivity index (χ1v) is 9.27. The van der Waals surface area contributed by atoms with E-state index in [4.69, 9.17) is 14.4 Å². The second kappa shape index (κ2) is 7.16. The van der Waals surface area contributed by atoms with Crippen LogP contribution in [0.25, 0.3) is 16.9 Å². The van der Waals surface area contributed by atoms with E-state index in [1.54, 1.807) is 6.26 Å². The molecule has 4 nitrogen and oxygen atoms in total. The molecule has 0 aliphatic carbocycles. The zero-order valence-electron chi connectivity index (χ0n) is 15.2. The maximum Gasteiger partial charge on any atom is 0.159 e. The summed E-state index contributed by atoms with van der Waals surface area (Å²) >= 11 is 0. The topological polar surface area (TPSA) is 43.3 Å². The van der Waals surface area contributed by atoms with E-state index in [1.807, 2.05) is 59.1 Å². The zero-order chi connectivity index (χ0) is 18.8. The second-order valence-corrected chi connectivity index (χ2v) is 6.72. The molecule has 0 fully saturated rings. The average Bonchev–Trinajstić information content (AvgIpc) is 3.39. The highest BCUT2D eigenvalue weighted by atomic mass is 16.3. The van der Waals surface area contributed by atoms with E-state index in [0.29, 0.717) is 6.42 Å². The van der Waals surface area contributed by atoms with Gasteiger partial charge in [-0.05, 0) is 17.7 Å². The molecule has 0 atom stereocenters. The fraction of sp³-hybridized carbons (Fsp3) is 0.0833. The molecule has 3 heterocycles. The van der Waals surface area contributed by atoms with Gasteiger partial charge in [0.15, 0.2) is 5.65 Å². The Morgan fingerprint density at radius 1 is 0.821 bits per heavy atom. The zero-order valence-corrected chi connectivity index (χ0v) is 15.2. The Bertz CT molecular complexity index is 1190. The molecule has 3 aromatic heterocycles. The quantitative estimate of drug-likeness (QED) is 0.442. The Morgan fingerprint density at radius 3 is 2.36 bits per heavy atom. The average molecular weight is 364 g/mol. The monoisotopic (exact) mass is 364 g/mol. The lowest BCUT2D eigenvalue weighted by atomic mass is 10.1. The summed E-state index contributed by atoms with van der Waals surface area (Å²) in [6, 6.07) is 24.4. The number of imidazole rings is 1. The molecule has 0 aliphatic heterocycles. The van der Waals surface area contributed by atoms with Gasteiger partial charge in [-0.15, -0.1) is 0 Å². The third kappa shape index (κ3) is 3.32. The maximum atomic E-state index is 5.47. The van der Waals surface area contributed by atoms with Crippen molar-refractivity contribution in [1.82, 2.24) is 14.4 Å². The van der Waals surface area contributed by atoms with E-state index in [0.717, 1.165) is 40.5 Å². The van der Waals surface area contributed by atoms with E-state index >= 15 is 0 Å². The van der Waals surface area contributed by atoms with Crippen LogP contribution < -0.4 is 0 Å². The summed E-state index contributed by atoms with van der Waals surface area (Å²) in [5.41, 5.74) is 5.82. The van der Waals surface area contributed by atoms with E-state index in [2.05, 4.69) is 30.5 Å². The third-order valence-electron chi connectivity index (χ3n) is 4.69. The van der Waals surface area contributed by atoms with Gasteiger partial charge in [0.25, 0.3) is 0 Å². The molecule has 1 radical (unpaired) electrons. The van der Waals surface area contributed by atoms with Crippen molar-refractivity contribution in [1.29, 1.82) is 0 Å². The van der Waals surface area contributed by atoms with E-state index < -0.39 is 0 Å². The SMILES string of the molecule is [c]1c(Cc2ccco2)nc2c(Cc3ccccc3)nc(-c3ccccc3)cn12. The van der Waals surface area contributed by atoms with Gasteiger partial charge in [-0.25, -0.2) is 9.97 Å². The van der Waals surface area contributed by atoms with Crippen LogP contribution in [0.3, 0.4) is 0 Å². The molecule has 4 heteroatoms. The molecule has 135 valence electrons. The molecule has 5 aromatic rings. The van der Waals surface area contributed by atoms with Gasteiger partial charge in [0, 0.05) is 18.2 Å². The summed E-state index contributed by atoms with van der Waals surface area (Å²) in [6.07, 6.45) is 8.38. The Balaban J connectivity index is 1.62. The molecule has 0 bridgehead atoms. The molecule has 0 saturated carbocycles. The van der Waals surface area contributed by atoms with Gasteiger partial charge in [0.05, 0.1) is 36.0 Å². The minimum atomic E-state index is 0.611. The molecular weight excluding hydrogens is 346 g/mol. The van der Waals surface area contributed by atoms with Crippen LogP contribution in [0.5, 0.6) is 0 Å². The van der Waals surface area contributed by atoms with Crippen LogP contribution >= 0.6 is 0 Å². The van der Waals surface area contributed by atoms with E-state index in [-0.39, 0.29) is 0 Å². The summed E-state index contributed by atoms with van der Waals surface area (Å²) in [4.78, 5) is 9.75. The van der Waals surface area contributed by atoms with Crippen molar-refractivity contribution < 1.29 is 4.42 Å². The molecule has 0 unspecified atom stereocenters. The van der Waals surface area contributed by atoms with Gasteiger partial charge in [-0.2, -0.15) is 0 Å². The van der Waals surface area contributed by atoms with E-state index in [9.17, 15) is 0 Å². The lowest BCUT2D eigenvalue weighted by Gasteiger charge is -2.08. The predicted molar refractivity (Wildman–Crippen MR) is 108 cm³/mol. The number of hydrogen-bond donors (Lipinski definition) is 0. The molecule has 0 spiro atoms. The summed E-state index contributed by atoms with van der Waals surface area (Å²) in [6.45, 7) is 0. The molecule has 28 heavy (non-hydrogen) atoms. The van der Waals surface area contributed by atoms with Crippen LogP contribution in [0.15, 0.2) is 89.7 Å². The fourth-order valence-corrected chi connectivity index (χ4v) is 3.36. The Kier molecular flexibility index (Phi) is 4.22. The fourth-order valence-electron chi connectivity index (χ4n) is 3.36. The standard InChI is InChI=1S/C24H18N3O/c1-3-8-18(9-4-1)14-22-24-25-20(15-21-12-7-13-28-21)16-27(24)17-23(26-22)19-10-5-2-6-11-19/h1-13,17H,14-15H2. The first kappa shape index (κ1) is 16.5. The normalized spacial score (nSPS) is 11.1. The van der Waals surface area contributed by atoms with Gasteiger partial charge in [0.1, 0.15) is 5.76 Å². The predicted octanol–water partition coefficient (Wildman–Crippen LogP) is 4.97. The largest absolute Gasteiger partial charge is 0.469 e. The second-order valence-electron chi connectivity index (χ2n) is 6.72. The molecule has 0 aliphatic rings. The van der Waals surface area contributed by atoms with Crippen LogP contribution in [-0.4, -0.2) is 14.4 Å². The Hall–Kier alpha value is -3.66. The lowest BCUT2D eigenvalue weighted by molar-refractivity contribution is 0.519. The summed E-state index contributed by atoms with van der Waals surface area (Å²) in [7, 11) is 0. The summed E-state index contributed by atoms with van der Waals surface area (Å²) < 4.78 is 7.43. The molecule has 0 amide bonds. The van der Waals surface area contributed by atoms with Crippen LogP contribution in [0.4, 0.5) is 0 Å². The number of rotatable bonds is 5. The Labute approximate surface area is 163 Å². The summed E-state index contributed by atoms with van der Waals surface area (Å²) in [5, 5.41) is 0.